The van der Waals surface area contributed by atoms with Crippen LogP contribution in [-0.2, 0) is 19.1 Å². The van der Waals surface area contributed by atoms with Crippen molar-refractivity contribution in [2.24, 2.45) is 17.6 Å². The zero-order valence-corrected chi connectivity index (χ0v) is 37.2. The summed E-state index contributed by atoms with van der Waals surface area (Å²) < 4.78 is 52.9. The van der Waals surface area contributed by atoms with Gasteiger partial charge in [0.2, 0.25) is 5.24 Å². The molecule has 0 aliphatic carbocycles. The number of hydrogen-bond acceptors (Lipinski definition) is 13. The van der Waals surface area contributed by atoms with Crippen molar-refractivity contribution in [2.45, 2.75) is 115 Å². The minimum absolute atomic E-state index is 0.0216. The Bertz CT molecular complexity index is 2000. The summed E-state index contributed by atoms with van der Waals surface area (Å²) in [4.78, 5) is 54.1. The lowest BCUT2D eigenvalue weighted by Crippen LogP contribution is -2.47. The van der Waals surface area contributed by atoms with E-state index in [0.29, 0.717) is 77.9 Å². The highest BCUT2D eigenvalue weighted by atomic mass is 35.5. The van der Waals surface area contributed by atoms with Crippen LogP contribution in [0.25, 0.3) is 0 Å². The van der Waals surface area contributed by atoms with Gasteiger partial charge in [-0.25, -0.2) is 18.4 Å². The molecule has 6 saturated heterocycles. The Labute approximate surface area is 368 Å². The molecule has 0 spiro atoms. The van der Waals surface area contributed by atoms with E-state index < -0.39 is 24.4 Å². The fourth-order valence-electron chi connectivity index (χ4n) is 9.54. The van der Waals surface area contributed by atoms with E-state index in [9.17, 15) is 23.6 Å². The van der Waals surface area contributed by atoms with Gasteiger partial charge in [-0.15, -0.1) is 0 Å². The second-order valence-corrected chi connectivity index (χ2v) is 19.9. The van der Waals surface area contributed by atoms with Crippen LogP contribution in [0.5, 0.6) is 11.5 Å². The molecule has 61 heavy (non-hydrogen) atoms. The number of carbonyl (C=O) groups excluding carboxylic acids is 4. The number of benzene rings is 2. The molecule has 0 aromatic heterocycles. The van der Waals surface area contributed by atoms with Crippen LogP contribution in [0.4, 0.5) is 41.1 Å². The van der Waals surface area contributed by atoms with E-state index >= 15 is 4.39 Å². The highest BCUT2D eigenvalue weighted by molar-refractivity contribution is 7.99. The van der Waals surface area contributed by atoms with E-state index in [-0.39, 0.29) is 59.7 Å². The number of nitrogens with zero attached hydrogens (tertiary/aromatic N) is 4. The van der Waals surface area contributed by atoms with Crippen molar-refractivity contribution in [2.75, 3.05) is 62.4 Å². The number of anilines is 4. The fraction of sp³-hybridized carbons (Fsp3) is 0.628. The quantitative estimate of drug-likeness (QED) is 0.264. The van der Waals surface area contributed by atoms with Crippen LogP contribution in [0.15, 0.2) is 24.3 Å². The van der Waals surface area contributed by atoms with Gasteiger partial charge in [0.25, 0.3) is 0 Å². The number of halogens is 3. The molecule has 18 heteroatoms. The van der Waals surface area contributed by atoms with E-state index in [1.54, 1.807) is 26.0 Å². The van der Waals surface area contributed by atoms with Crippen molar-refractivity contribution in [1.82, 2.24) is 0 Å². The van der Waals surface area contributed by atoms with Gasteiger partial charge in [-0.05, 0) is 43.7 Å². The van der Waals surface area contributed by atoms with Crippen LogP contribution >= 0.6 is 35.1 Å². The van der Waals surface area contributed by atoms with Crippen LogP contribution in [-0.4, -0.2) is 114 Å². The number of rotatable bonds is 8. The standard InChI is InChI=1S/C22H27FN2O4S.C17H20FN3O3S.C4H7ClO/c1-12(2)19(26)5-6-20-18-9-28-21-8-16(24-13-3-4-14(24)11-30-10-13)15(23)7-17(21)25(18)22(27)29-20;18-11-3-13-15(23-6-14-16(5-19)24-17(22)21(13)14)4-12(11)20-9-1-2-10(20)8-25-7-9;1-3(2)4(5)6/h7-8,12-14,18,20H,3-6,9-11H2,1-2H3;3-4,9-10,14,16H,1-2,5-8,19H2;3H,1-2H3/t13?,14?,18-,20-;9?,10?,14-,16-;/m00./s1. The summed E-state index contributed by atoms with van der Waals surface area (Å²) in [5.41, 5.74) is 7.70. The average Bonchev–Trinajstić information content (AvgIpc) is 3.90. The lowest BCUT2D eigenvalue weighted by molar-refractivity contribution is -0.122. The molecule has 8 atom stereocenters. The van der Waals surface area contributed by atoms with Crippen molar-refractivity contribution in [3.63, 3.8) is 0 Å². The first kappa shape index (κ1) is 44.0. The molecule has 2 amide bonds. The molecule has 8 aliphatic rings. The van der Waals surface area contributed by atoms with E-state index in [4.69, 9.17) is 36.3 Å². The Morgan fingerprint density at radius 3 is 1.51 bits per heavy atom. The number of ketones is 1. The fourth-order valence-corrected chi connectivity index (χ4v) is 12.2. The molecule has 10 rings (SSSR count). The number of ether oxygens (including phenoxy) is 4. The number of Topliss-reactive ketones (excluding diaryl/α,β-unsaturated/α-hetero) is 1. The molecule has 13 nitrogen and oxygen atoms in total. The van der Waals surface area contributed by atoms with Crippen molar-refractivity contribution < 1.29 is 46.9 Å². The zero-order chi connectivity index (χ0) is 43.3. The summed E-state index contributed by atoms with van der Waals surface area (Å²) in [6.07, 6.45) is 3.39. The van der Waals surface area contributed by atoms with Gasteiger partial charge in [0.05, 0.1) is 22.7 Å². The van der Waals surface area contributed by atoms with E-state index in [2.05, 4.69) is 9.80 Å². The van der Waals surface area contributed by atoms with Crippen molar-refractivity contribution in [3.05, 3.63) is 35.9 Å². The maximum absolute atomic E-state index is 15.2. The third-order valence-corrected chi connectivity index (χ3v) is 15.8. The molecule has 6 fully saturated rings. The van der Waals surface area contributed by atoms with Crippen molar-refractivity contribution in [3.8, 4) is 11.5 Å². The molecule has 2 N–H and O–H groups in total. The molecule has 0 saturated carbocycles. The van der Waals surface area contributed by atoms with Gasteiger partial charge < -0.3 is 34.5 Å². The third kappa shape index (κ3) is 8.57. The molecule has 8 aliphatic heterocycles. The predicted octanol–water partition coefficient (Wildman–Crippen LogP) is 7.36. The Balaban J connectivity index is 0.000000151. The van der Waals surface area contributed by atoms with E-state index in [0.717, 1.165) is 48.7 Å². The summed E-state index contributed by atoms with van der Waals surface area (Å²) in [7, 11) is 0. The van der Waals surface area contributed by atoms with Crippen LogP contribution < -0.4 is 34.8 Å². The molecular weight excluding hydrogens is 852 g/mol. The van der Waals surface area contributed by atoms with Gasteiger partial charge in [0.15, 0.2) is 0 Å². The van der Waals surface area contributed by atoms with Crippen molar-refractivity contribution in [1.29, 1.82) is 0 Å². The van der Waals surface area contributed by atoms with Gasteiger partial charge in [-0.3, -0.25) is 19.4 Å². The average molecular weight is 907 g/mol. The number of nitrogens with two attached hydrogens (primary N) is 1. The number of fused-ring (bicyclic) bond motifs is 10. The molecule has 2 aromatic carbocycles. The second-order valence-electron chi connectivity index (χ2n) is 17.4. The SMILES string of the molecule is CC(C)C(=O)CC[C@@H]1OC(=O)N2c3cc(F)c(N4C5CCC4CSC5)cc3OC[C@@H]12.CC(C)C(=O)Cl.NC[C@@H]1OC(=O)N2c3cc(F)c(N4C5CCC4CSC5)cc3OC[C@@H]12. The first-order valence-corrected chi connectivity index (χ1v) is 24.0. The monoisotopic (exact) mass is 905 g/mol. The number of thioether (sulfide) groups is 2. The van der Waals surface area contributed by atoms with Crippen LogP contribution in [0.3, 0.4) is 0 Å². The number of hydrogen-bond donors (Lipinski definition) is 1. The predicted molar refractivity (Wildman–Crippen MR) is 234 cm³/mol. The maximum Gasteiger partial charge on any atom is 0.415 e. The van der Waals surface area contributed by atoms with Gasteiger partial charge in [0.1, 0.15) is 66.4 Å². The number of amides is 2. The zero-order valence-electron chi connectivity index (χ0n) is 34.9. The van der Waals surface area contributed by atoms with Gasteiger partial charge in [-0.2, -0.15) is 23.5 Å². The smallest absolute Gasteiger partial charge is 0.415 e. The normalized spacial score (nSPS) is 29.0. The lowest BCUT2D eigenvalue weighted by Gasteiger charge is -2.38. The maximum atomic E-state index is 15.2. The molecule has 4 unspecified atom stereocenters. The van der Waals surface area contributed by atoms with Crippen LogP contribution in [0.1, 0.15) is 66.2 Å². The summed E-state index contributed by atoms with van der Waals surface area (Å²) in [5, 5.41) is -0.269. The summed E-state index contributed by atoms with van der Waals surface area (Å²) in [5.74, 6) is 4.62. The van der Waals surface area contributed by atoms with Crippen LogP contribution in [0, 0.1) is 23.5 Å². The van der Waals surface area contributed by atoms with Gasteiger partial charge in [0, 0.05) is 96.2 Å². The second kappa shape index (κ2) is 18.2. The Morgan fingerprint density at radius 2 is 1.11 bits per heavy atom. The lowest BCUT2D eigenvalue weighted by atomic mass is 9.98. The highest BCUT2D eigenvalue weighted by Gasteiger charge is 2.49. The number of cyclic esters (lactones) is 2. The van der Waals surface area contributed by atoms with Gasteiger partial charge in [-0.1, -0.05) is 27.7 Å². The molecule has 2 aromatic rings. The molecule has 4 bridgehead atoms. The molecular formula is C43H54ClF2N5O8S2. The highest BCUT2D eigenvalue weighted by Crippen LogP contribution is 2.48. The Kier molecular flexibility index (Phi) is 13.1. The summed E-state index contributed by atoms with van der Waals surface area (Å²) in [6, 6.07) is 7.19. The minimum atomic E-state index is -0.492. The van der Waals surface area contributed by atoms with Crippen LogP contribution in [0.2, 0.25) is 0 Å². The molecule has 8 heterocycles. The molecule has 0 radical (unpaired) electrons. The van der Waals surface area contributed by atoms with Gasteiger partial charge >= 0.3 is 12.2 Å². The first-order chi connectivity index (χ1) is 29.2. The summed E-state index contributed by atoms with van der Waals surface area (Å²) >= 11 is 8.86. The Hall–Kier alpha value is -3.67. The third-order valence-electron chi connectivity index (χ3n) is 12.9. The van der Waals surface area contributed by atoms with Crippen molar-refractivity contribution >= 4 is 81.1 Å². The Morgan fingerprint density at radius 1 is 0.705 bits per heavy atom. The molecule has 332 valence electrons. The number of carbonyl (C=O) groups is 4. The topological polar surface area (TPSA) is 144 Å². The minimum Gasteiger partial charge on any atom is -0.489 e. The van der Waals surface area contributed by atoms with E-state index in [1.807, 2.05) is 37.4 Å². The first-order valence-electron chi connectivity index (χ1n) is 21.3. The van der Waals surface area contributed by atoms with E-state index in [1.165, 1.54) is 21.9 Å². The summed E-state index contributed by atoms with van der Waals surface area (Å²) in [6.45, 7) is 8.07. The largest absolute Gasteiger partial charge is 0.489 e.